The van der Waals surface area contributed by atoms with Crippen LogP contribution in [0.25, 0.3) is 0 Å². The molecule has 2 heterocycles. The highest BCUT2D eigenvalue weighted by atomic mass is 16.8. The minimum absolute atomic E-state index is 0.169. The molecule has 0 spiro atoms. The predicted molar refractivity (Wildman–Crippen MR) is 41.8 cm³/mol. The molecular formula is C8H14O5. The summed E-state index contributed by atoms with van der Waals surface area (Å²) in [7, 11) is 0. The number of hydrogen-bond donors (Lipinski definition) is 2. The molecule has 3 unspecified atom stereocenters. The minimum atomic E-state index is -0.996. The van der Waals surface area contributed by atoms with Crippen LogP contribution in [0.4, 0.5) is 0 Å². The third-order valence-electron chi connectivity index (χ3n) is 2.31. The van der Waals surface area contributed by atoms with Gasteiger partial charge in [-0.25, -0.2) is 0 Å². The number of aliphatic hydroxyl groups excluding tert-OH is 2. The van der Waals surface area contributed by atoms with Gasteiger partial charge in [-0.3, -0.25) is 0 Å². The average molecular weight is 190 g/mol. The predicted octanol–water partition coefficient (Wildman–Crippen LogP) is -0.784. The van der Waals surface area contributed by atoms with Gasteiger partial charge in [0.25, 0.3) is 0 Å². The fourth-order valence-electron chi connectivity index (χ4n) is 1.81. The zero-order valence-corrected chi connectivity index (χ0v) is 7.64. The molecule has 13 heavy (non-hydrogen) atoms. The second kappa shape index (κ2) is 2.90. The summed E-state index contributed by atoms with van der Waals surface area (Å²) in [6.45, 7) is 3.37. The van der Waals surface area contributed by atoms with Gasteiger partial charge in [-0.05, 0) is 13.8 Å². The van der Waals surface area contributed by atoms with Crippen LogP contribution < -0.4 is 0 Å². The maximum Gasteiger partial charge on any atom is 0.184 e. The SMILES string of the molecule is CC1(C)OC2C(O)O[C@H](CO)C2O1. The lowest BCUT2D eigenvalue weighted by atomic mass is 10.1. The molecule has 2 N–H and O–H groups in total. The zero-order chi connectivity index (χ0) is 9.64. The number of fused-ring (bicyclic) bond motifs is 1. The third-order valence-corrected chi connectivity index (χ3v) is 2.31. The average Bonchev–Trinajstić information content (AvgIpc) is 2.47. The second-order valence-electron chi connectivity index (χ2n) is 3.81. The molecule has 2 saturated heterocycles. The van der Waals surface area contributed by atoms with Gasteiger partial charge in [0.2, 0.25) is 0 Å². The van der Waals surface area contributed by atoms with Crippen molar-refractivity contribution in [2.75, 3.05) is 6.61 Å². The van der Waals surface area contributed by atoms with E-state index in [1.165, 1.54) is 0 Å². The maximum absolute atomic E-state index is 9.39. The minimum Gasteiger partial charge on any atom is -0.394 e. The summed E-state index contributed by atoms with van der Waals surface area (Å²) in [6, 6.07) is 0. The lowest BCUT2D eigenvalue weighted by molar-refractivity contribution is -0.223. The smallest absolute Gasteiger partial charge is 0.184 e. The Morgan fingerprint density at radius 2 is 1.85 bits per heavy atom. The number of hydrogen-bond acceptors (Lipinski definition) is 5. The van der Waals surface area contributed by atoms with Crippen LogP contribution in [0, 0.1) is 0 Å². The molecule has 76 valence electrons. The molecular weight excluding hydrogens is 176 g/mol. The van der Waals surface area contributed by atoms with Gasteiger partial charge in [-0.2, -0.15) is 0 Å². The fourth-order valence-corrected chi connectivity index (χ4v) is 1.81. The van der Waals surface area contributed by atoms with Crippen LogP contribution in [0.15, 0.2) is 0 Å². The first kappa shape index (κ1) is 9.36. The summed E-state index contributed by atoms with van der Waals surface area (Å²) >= 11 is 0. The van der Waals surface area contributed by atoms with Crippen molar-refractivity contribution in [2.24, 2.45) is 0 Å². The molecule has 0 bridgehead atoms. The van der Waals surface area contributed by atoms with Crippen LogP contribution in [0.3, 0.4) is 0 Å². The van der Waals surface area contributed by atoms with Gasteiger partial charge < -0.3 is 24.4 Å². The Bertz CT molecular complexity index is 205. The first-order chi connectivity index (χ1) is 6.03. The lowest BCUT2D eigenvalue weighted by Crippen LogP contribution is -2.31. The van der Waals surface area contributed by atoms with Gasteiger partial charge in [0.15, 0.2) is 12.1 Å². The Kier molecular flexibility index (Phi) is 2.08. The number of rotatable bonds is 1. The maximum atomic E-state index is 9.39. The van der Waals surface area contributed by atoms with Gasteiger partial charge in [-0.1, -0.05) is 0 Å². The third kappa shape index (κ3) is 1.47. The van der Waals surface area contributed by atoms with Crippen molar-refractivity contribution in [1.29, 1.82) is 0 Å². The van der Waals surface area contributed by atoms with Crippen molar-refractivity contribution in [2.45, 2.75) is 44.2 Å². The van der Waals surface area contributed by atoms with Crippen molar-refractivity contribution in [3.63, 3.8) is 0 Å². The summed E-state index contributed by atoms with van der Waals surface area (Å²) in [6.07, 6.45) is -2.33. The van der Waals surface area contributed by atoms with Crippen LogP contribution in [0.5, 0.6) is 0 Å². The van der Waals surface area contributed by atoms with Gasteiger partial charge in [0.1, 0.15) is 18.3 Å². The van der Waals surface area contributed by atoms with E-state index >= 15 is 0 Å². The molecule has 0 aromatic heterocycles. The first-order valence-corrected chi connectivity index (χ1v) is 4.33. The molecule has 2 rings (SSSR count). The molecule has 5 heteroatoms. The van der Waals surface area contributed by atoms with Gasteiger partial charge in [-0.15, -0.1) is 0 Å². The van der Waals surface area contributed by atoms with Crippen molar-refractivity contribution in [3.8, 4) is 0 Å². The van der Waals surface area contributed by atoms with E-state index in [2.05, 4.69) is 0 Å². The number of aliphatic hydroxyl groups is 2. The highest BCUT2D eigenvalue weighted by Gasteiger charge is 2.54. The summed E-state index contributed by atoms with van der Waals surface area (Å²) in [5, 5.41) is 18.3. The topological polar surface area (TPSA) is 68.2 Å². The molecule has 2 fully saturated rings. The van der Waals surface area contributed by atoms with E-state index in [1.807, 2.05) is 0 Å². The Morgan fingerprint density at radius 3 is 2.46 bits per heavy atom. The van der Waals surface area contributed by atoms with Crippen molar-refractivity contribution in [3.05, 3.63) is 0 Å². The van der Waals surface area contributed by atoms with Crippen molar-refractivity contribution >= 4 is 0 Å². The largest absolute Gasteiger partial charge is 0.394 e. The normalized spacial score (nSPS) is 48.0. The molecule has 5 nitrogen and oxygen atoms in total. The van der Waals surface area contributed by atoms with Gasteiger partial charge >= 0.3 is 0 Å². The molecule has 2 aliphatic heterocycles. The molecule has 0 aliphatic carbocycles. The van der Waals surface area contributed by atoms with Crippen molar-refractivity contribution < 1.29 is 24.4 Å². The molecule has 0 aromatic carbocycles. The molecule has 0 aromatic rings. The summed E-state index contributed by atoms with van der Waals surface area (Å²) in [4.78, 5) is 0. The van der Waals surface area contributed by atoms with Crippen LogP contribution in [-0.2, 0) is 14.2 Å². The summed E-state index contributed by atoms with van der Waals surface area (Å²) in [5.74, 6) is -0.701. The van der Waals surface area contributed by atoms with Crippen LogP contribution in [-0.4, -0.2) is 47.2 Å². The summed E-state index contributed by atoms with van der Waals surface area (Å²) < 4.78 is 15.9. The van der Waals surface area contributed by atoms with Crippen molar-refractivity contribution in [1.82, 2.24) is 0 Å². The molecule has 0 radical (unpaired) electrons. The van der Waals surface area contributed by atoms with Crippen LogP contribution in [0.1, 0.15) is 13.8 Å². The van der Waals surface area contributed by atoms with E-state index in [-0.39, 0.29) is 12.7 Å². The highest BCUT2D eigenvalue weighted by molar-refractivity contribution is 4.94. The zero-order valence-electron chi connectivity index (χ0n) is 7.64. The Morgan fingerprint density at radius 1 is 1.23 bits per heavy atom. The van der Waals surface area contributed by atoms with E-state index < -0.39 is 24.3 Å². The van der Waals surface area contributed by atoms with Gasteiger partial charge in [0.05, 0.1) is 6.61 Å². The molecule has 0 amide bonds. The van der Waals surface area contributed by atoms with E-state index in [4.69, 9.17) is 19.3 Å². The van der Waals surface area contributed by atoms with E-state index in [0.29, 0.717) is 0 Å². The van der Waals surface area contributed by atoms with Crippen LogP contribution >= 0.6 is 0 Å². The quantitative estimate of drug-likeness (QED) is 0.567. The second-order valence-corrected chi connectivity index (χ2v) is 3.81. The Balaban J connectivity index is 2.12. The van der Waals surface area contributed by atoms with Crippen LogP contribution in [0.2, 0.25) is 0 Å². The fraction of sp³-hybridized carbons (Fsp3) is 1.00. The Hall–Kier alpha value is -0.200. The standard InChI is InChI=1S/C8H14O5/c1-8(2)12-5-4(3-9)11-7(10)6(5)13-8/h4-7,9-10H,3H2,1-2H3/t4-,5?,6?,7?/m1/s1. The first-order valence-electron chi connectivity index (χ1n) is 4.33. The summed E-state index contributed by atoms with van der Waals surface area (Å²) in [5.41, 5.74) is 0. The monoisotopic (exact) mass is 190 g/mol. The molecule has 4 atom stereocenters. The van der Waals surface area contributed by atoms with Gasteiger partial charge in [0, 0.05) is 0 Å². The van der Waals surface area contributed by atoms with E-state index in [1.54, 1.807) is 13.8 Å². The Labute approximate surface area is 76.2 Å². The van der Waals surface area contributed by atoms with E-state index in [9.17, 15) is 5.11 Å². The number of ether oxygens (including phenoxy) is 3. The molecule has 0 saturated carbocycles. The molecule has 2 aliphatic rings. The van der Waals surface area contributed by atoms with E-state index in [0.717, 1.165) is 0 Å². The lowest BCUT2D eigenvalue weighted by Gasteiger charge is -2.21. The highest BCUT2D eigenvalue weighted by Crippen LogP contribution is 2.37.